The fourth-order valence-corrected chi connectivity index (χ4v) is 4.90. The molecule has 0 radical (unpaired) electrons. The molecule has 1 aliphatic carbocycles. The van der Waals surface area contributed by atoms with Crippen LogP contribution in [0.4, 0.5) is 0 Å². The van der Waals surface area contributed by atoms with Crippen LogP contribution >= 0.6 is 0 Å². The first kappa shape index (κ1) is 34.7. The van der Waals surface area contributed by atoms with Gasteiger partial charge in [-0.3, -0.25) is 0 Å². The minimum Gasteiger partial charge on any atom is -0.391 e. The lowest BCUT2D eigenvalue weighted by atomic mass is 9.89. The van der Waals surface area contributed by atoms with Crippen LogP contribution in [0, 0.1) is 11.8 Å². The average Bonchev–Trinajstić information content (AvgIpc) is 3.19. The van der Waals surface area contributed by atoms with Gasteiger partial charge in [0.15, 0.2) is 5.79 Å². The summed E-state index contributed by atoms with van der Waals surface area (Å²) in [7, 11) is 0. The molecule has 3 N–H and O–H groups in total. The fraction of sp³-hybridized carbons (Fsp3) is 1.00. The maximum Gasteiger partial charge on any atom is 0.194 e. The lowest BCUT2D eigenvalue weighted by Gasteiger charge is -2.36. The van der Waals surface area contributed by atoms with Crippen molar-refractivity contribution < 1.29 is 39.0 Å². The van der Waals surface area contributed by atoms with Crippen molar-refractivity contribution in [2.45, 2.75) is 129 Å². The zero-order valence-corrected chi connectivity index (χ0v) is 24.4. The summed E-state index contributed by atoms with van der Waals surface area (Å²) >= 11 is 0. The number of hydrogen-bond acceptors (Lipinski definition) is 8. The second-order valence-electron chi connectivity index (χ2n) is 10.4. The quantitative estimate of drug-likeness (QED) is 0.123. The van der Waals surface area contributed by atoms with Gasteiger partial charge in [0.1, 0.15) is 0 Å². The molecule has 4 unspecified atom stereocenters. The first-order chi connectivity index (χ1) is 17.9. The van der Waals surface area contributed by atoms with Gasteiger partial charge in [0.25, 0.3) is 0 Å². The molecule has 6 atom stereocenters. The van der Waals surface area contributed by atoms with E-state index >= 15 is 0 Å². The normalized spacial score (nSPS) is 25.1. The SMILES string of the molecule is CCCCOC[C@@H](OCCCC)C1C(OCCCC)C(C(O)(O)CO)C(OCCCC)[C@@H]1OCCCC. The minimum absolute atomic E-state index is 0.339. The van der Waals surface area contributed by atoms with Crippen molar-refractivity contribution in [3.05, 3.63) is 0 Å². The van der Waals surface area contributed by atoms with Crippen LogP contribution in [0.15, 0.2) is 0 Å². The monoisotopic (exact) mass is 534 g/mol. The number of hydrogen-bond donors (Lipinski definition) is 3. The highest BCUT2D eigenvalue weighted by Crippen LogP contribution is 2.45. The van der Waals surface area contributed by atoms with E-state index in [0.29, 0.717) is 39.6 Å². The summed E-state index contributed by atoms with van der Waals surface area (Å²) in [6.45, 7) is 12.8. The Morgan fingerprint density at radius 1 is 0.622 bits per heavy atom. The van der Waals surface area contributed by atoms with Gasteiger partial charge >= 0.3 is 0 Å². The van der Waals surface area contributed by atoms with Crippen molar-refractivity contribution in [2.75, 3.05) is 46.2 Å². The molecule has 0 amide bonds. The standard InChI is InChI=1S/C29H58O8/c1-6-11-16-33-21-23(34-17-12-7-2)24-26(35-18-13-8-3)25(29(31,32)22-30)28(37-20-15-10-5)27(24)36-19-14-9-4/h23-28,30-32H,6-22H2,1-5H3/t23-,24?,25?,26?,27-,28?/m1/s1. The fourth-order valence-electron chi connectivity index (χ4n) is 4.90. The average molecular weight is 535 g/mol. The molecule has 37 heavy (non-hydrogen) atoms. The third kappa shape index (κ3) is 11.8. The van der Waals surface area contributed by atoms with Gasteiger partial charge in [0.05, 0.1) is 43.5 Å². The summed E-state index contributed by atoms with van der Waals surface area (Å²) in [5.41, 5.74) is 0. The highest BCUT2D eigenvalue weighted by molar-refractivity contribution is 5.07. The van der Waals surface area contributed by atoms with Crippen LogP contribution in [0.3, 0.4) is 0 Å². The molecule has 0 aromatic rings. The Balaban J connectivity index is 3.46. The number of rotatable bonds is 24. The van der Waals surface area contributed by atoms with Gasteiger partial charge in [-0.15, -0.1) is 0 Å². The van der Waals surface area contributed by atoms with Crippen LogP contribution in [0.5, 0.6) is 0 Å². The van der Waals surface area contributed by atoms with E-state index in [9.17, 15) is 15.3 Å². The summed E-state index contributed by atoms with van der Waals surface area (Å²) in [4.78, 5) is 0. The van der Waals surface area contributed by atoms with Gasteiger partial charge in [0.2, 0.25) is 0 Å². The molecule has 1 saturated carbocycles. The first-order valence-corrected chi connectivity index (χ1v) is 15.0. The highest BCUT2D eigenvalue weighted by atomic mass is 16.6. The van der Waals surface area contributed by atoms with Crippen molar-refractivity contribution in [3.63, 3.8) is 0 Å². The summed E-state index contributed by atoms with van der Waals surface area (Å²) in [6.07, 6.45) is 7.26. The summed E-state index contributed by atoms with van der Waals surface area (Å²) in [6, 6.07) is 0. The van der Waals surface area contributed by atoms with Crippen molar-refractivity contribution >= 4 is 0 Å². The molecule has 8 heteroatoms. The van der Waals surface area contributed by atoms with E-state index in [2.05, 4.69) is 34.6 Å². The predicted octanol–water partition coefficient (Wildman–Crippen LogP) is 4.46. The number of ether oxygens (including phenoxy) is 5. The largest absolute Gasteiger partial charge is 0.391 e. The number of aliphatic hydroxyl groups excluding tert-OH is 1. The smallest absolute Gasteiger partial charge is 0.194 e. The van der Waals surface area contributed by atoms with Crippen LogP contribution in [0.25, 0.3) is 0 Å². The van der Waals surface area contributed by atoms with E-state index in [4.69, 9.17) is 23.7 Å². The molecule has 0 aromatic carbocycles. The molecule has 0 bridgehead atoms. The van der Waals surface area contributed by atoms with Crippen LogP contribution in [-0.2, 0) is 23.7 Å². The van der Waals surface area contributed by atoms with Crippen LogP contribution in [0.2, 0.25) is 0 Å². The molecule has 0 heterocycles. The number of aliphatic hydroxyl groups is 3. The maximum absolute atomic E-state index is 11.0. The molecule has 0 spiro atoms. The Morgan fingerprint density at radius 2 is 1.08 bits per heavy atom. The van der Waals surface area contributed by atoms with Crippen molar-refractivity contribution in [2.24, 2.45) is 11.8 Å². The minimum atomic E-state index is -2.38. The Bertz CT molecular complexity index is 532. The summed E-state index contributed by atoms with van der Waals surface area (Å²) < 4.78 is 31.7. The van der Waals surface area contributed by atoms with Gasteiger partial charge in [-0.05, 0) is 32.1 Å². The molecule has 1 fully saturated rings. The van der Waals surface area contributed by atoms with Gasteiger partial charge in [-0.25, -0.2) is 0 Å². The van der Waals surface area contributed by atoms with Crippen molar-refractivity contribution in [1.82, 2.24) is 0 Å². The van der Waals surface area contributed by atoms with Crippen LogP contribution in [0.1, 0.15) is 98.8 Å². The Kier molecular flexibility index (Phi) is 19.3. The molecule has 0 aliphatic heterocycles. The lowest BCUT2D eigenvalue weighted by molar-refractivity contribution is -0.263. The van der Waals surface area contributed by atoms with Crippen molar-refractivity contribution in [1.29, 1.82) is 0 Å². The molecule has 1 rings (SSSR count). The maximum atomic E-state index is 11.0. The second-order valence-corrected chi connectivity index (χ2v) is 10.4. The van der Waals surface area contributed by atoms with E-state index in [1.807, 2.05) is 0 Å². The topological polar surface area (TPSA) is 107 Å². The zero-order chi connectivity index (χ0) is 27.5. The zero-order valence-electron chi connectivity index (χ0n) is 24.4. The third-order valence-corrected chi connectivity index (χ3v) is 7.16. The summed E-state index contributed by atoms with van der Waals surface area (Å²) in [5, 5.41) is 32.1. The molecular weight excluding hydrogens is 476 g/mol. The molecule has 222 valence electrons. The molecule has 8 nitrogen and oxygen atoms in total. The first-order valence-electron chi connectivity index (χ1n) is 15.0. The van der Waals surface area contributed by atoms with E-state index in [1.54, 1.807) is 0 Å². The Morgan fingerprint density at radius 3 is 1.59 bits per heavy atom. The molecule has 0 aromatic heterocycles. The van der Waals surface area contributed by atoms with Gasteiger partial charge in [0, 0.05) is 39.0 Å². The van der Waals surface area contributed by atoms with Crippen molar-refractivity contribution in [3.8, 4) is 0 Å². The van der Waals surface area contributed by atoms with E-state index in [1.165, 1.54) is 0 Å². The lowest BCUT2D eigenvalue weighted by Crippen LogP contribution is -2.52. The molecule has 0 saturated heterocycles. The predicted molar refractivity (Wildman–Crippen MR) is 146 cm³/mol. The van der Waals surface area contributed by atoms with Gasteiger partial charge in [-0.1, -0.05) is 66.7 Å². The number of unbranched alkanes of at least 4 members (excludes halogenated alkanes) is 5. The van der Waals surface area contributed by atoms with E-state index in [0.717, 1.165) is 64.2 Å². The highest BCUT2D eigenvalue weighted by Gasteiger charge is 2.61. The van der Waals surface area contributed by atoms with Gasteiger partial charge < -0.3 is 39.0 Å². The molecule has 1 aliphatic rings. The third-order valence-electron chi connectivity index (χ3n) is 7.16. The summed E-state index contributed by atoms with van der Waals surface area (Å²) in [5.74, 6) is -3.61. The second kappa shape index (κ2) is 20.6. The molecular formula is C29H58O8. The van der Waals surface area contributed by atoms with E-state index < -0.39 is 36.6 Å². The van der Waals surface area contributed by atoms with E-state index in [-0.39, 0.29) is 12.0 Å². The van der Waals surface area contributed by atoms with Gasteiger partial charge in [-0.2, -0.15) is 0 Å². The van der Waals surface area contributed by atoms with Crippen LogP contribution in [-0.4, -0.2) is 91.8 Å². The Labute approximate surface area is 226 Å². The van der Waals surface area contributed by atoms with Crippen LogP contribution < -0.4 is 0 Å². The Hall–Kier alpha value is -0.320.